The first kappa shape index (κ1) is 10.8. The highest BCUT2D eigenvalue weighted by Gasteiger charge is 2.45. The molecule has 0 amide bonds. The molecule has 11 heavy (non-hydrogen) atoms. The molecule has 7 heteroatoms. The fourth-order valence-electron chi connectivity index (χ4n) is 0.429. The van der Waals surface area contributed by atoms with Crippen LogP contribution in [0.5, 0.6) is 0 Å². The Bertz CT molecular complexity index is 219. The number of hydrogen-bond acceptors (Lipinski definition) is 5. The molecular formula is C4H10O6S. The van der Waals surface area contributed by atoms with Gasteiger partial charge in [0.15, 0.2) is 0 Å². The normalized spacial score (nSPS) is 20.8. The Kier molecular flexibility index (Phi) is 2.98. The molecule has 2 unspecified atom stereocenters. The van der Waals surface area contributed by atoms with Crippen LogP contribution in [0.2, 0.25) is 0 Å². The molecule has 0 heterocycles. The molecule has 0 aliphatic rings. The van der Waals surface area contributed by atoms with Crippen molar-refractivity contribution >= 4 is 10.1 Å². The van der Waals surface area contributed by atoms with Crippen LogP contribution in [0.15, 0.2) is 0 Å². The van der Waals surface area contributed by atoms with Crippen molar-refractivity contribution in [1.82, 2.24) is 0 Å². The molecule has 6 nitrogen and oxygen atoms in total. The predicted octanol–water partition coefficient (Wildman–Crippen LogP) is -2.06. The van der Waals surface area contributed by atoms with Gasteiger partial charge in [0.1, 0.15) is 0 Å². The average molecular weight is 186 g/mol. The zero-order chi connectivity index (χ0) is 9.28. The Labute approximate surface area is 63.8 Å². The summed E-state index contributed by atoms with van der Waals surface area (Å²) in [7, 11) is -4.86. The lowest BCUT2D eigenvalue weighted by Gasteiger charge is -2.24. The summed E-state index contributed by atoms with van der Waals surface area (Å²) in [4.78, 5) is -2.88. The topological polar surface area (TPSA) is 115 Å². The molecule has 0 spiro atoms. The van der Waals surface area contributed by atoms with E-state index in [4.69, 9.17) is 19.9 Å². The van der Waals surface area contributed by atoms with Crippen LogP contribution < -0.4 is 0 Å². The van der Waals surface area contributed by atoms with Gasteiger partial charge < -0.3 is 15.3 Å². The molecule has 0 aromatic carbocycles. The summed E-state index contributed by atoms with van der Waals surface area (Å²) < 4.78 is 28.9. The minimum Gasteiger partial charge on any atom is -0.392 e. The molecule has 0 saturated carbocycles. The molecule has 0 rings (SSSR count). The maximum atomic E-state index is 10.3. The third kappa shape index (κ3) is 1.88. The van der Waals surface area contributed by atoms with Gasteiger partial charge in [-0.05, 0) is 6.92 Å². The van der Waals surface area contributed by atoms with E-state index in [1.165, 1.54) is 0 Å². The summed E-state index contributed by atoms with van der Waals surface area (Å²) in [5.41, 5.74) is 0. The summed E-state index contributed by atoms with van der Waals surface area (Å²) in [6.07, 6.45) is -1.76. The summed E-state index contributed by atoms with van der Waals surface area (Å²) in [5, 5.41) is 25.9. The van der Waals surface area contributed by atoms with Crippen molar-refractivity contribution in [1.29, 1.82) is 0 Å². The fraction of sp³-hybridized carbons (Fsp3) is 1.00. The van der Waals surface area contributed by atoms with E-state index in [0.29, 0.717) is 0 Å². The SMILES string of the molecule is CC(O)C(O)(CO)S(=O)(=O)O. The monoisotopic (exact) mass is 186 g/mol. The van der Waals surface area contributed by atoms with Crippen LogP contribution in [-0.4, -0.2) is 45.9 Å². The van der Waals surface area contributed by atoms with Crippen molar-refractivity contribution in [2.75, 3.05) is 6.61 Å². The van der Waals surface area contributed by atoms with Crippen LogP contribution in [0.4, 0.5) is 0 Å². The second-order valence-corrected chi connectivity index (χ2v) is 3.81. The summed E-state index contributed by atoms with van der Waals surface area (Å²) in [6.45, 7) is -0.326. The second kappa shape index (κ2) is 3.03. The van der Waals surface area contributed by atoms with E-state index in [1.807, 2.05) is 0 Å². The maximum Gasteiger partial charge on any atom is 0.300 e. The van der Waals surface area contributed by atoms with Gasteiger partial charge in [-0.1, -0.05) is 0 Å². The largest absolute Gasteiger partial charge is 0.392 e. The molecule has 2 atom stereocenters. The van der Waals surface area contributed by atoms with Gasteiger partial charge in [-0.25, -0.2) is 0 Å². The molecule has 0 aliphatic carbocycles. The first-order valence-corrected chi connectivity index (χ1v) is 4.18. The van der Waals surface area contributed by atoms with E-state index >= 15 is 0 Å². The standard InChI is InChI=1S/C4H10O6S/c1-3(6)4(7,2-5)11(8,9)10/h3,5-7H,2H2,1H3,(H,8,9,10). The maximum absolute atomic E-state index is 10.3. The number of aliphatic hydroxyl groups excluding tert-OH is 2. The zero-order valence-electron chi connectivity index (χ0n) is 5.80. The van der Waals surface area contributed by atoms with Crippen LogP contribution in [0.25, 0.3) is 0 Å². The zero-order valence-corrected chi connectivity index (χ0v) is 6.61. The molecule has 0 aromatic rings. The van der Waals surface area contributed by atoms with Gasteiger partial charge in [0.05, 0.1) is 12.7 Å². The van der Waals surface area contributed by atoms with Gasteiger partial charge in [0.2, 0.25) is 4.93 Å². The quantitative estimate of drug-likeness (QED) is 0.376. The van der Waals surface area contributed by atoms with Gasteiger partial charge in [-0.3, -0.25) is 4.55 Å². The Morgan fingerprint density at radius 3 is 1.91 bits per heavy atom. The molecule has 0 saturated heterocycles. The van der Waals surface area contributed by atoms with E-state index in [1.54, 1.807) is 0 Å². The lowest BCUT2D eigenvalue weighted by molar-refractivity contribution is -0.0425. The molecule has 0 aromatic heterocycles. The Morgan fingerprint density at radius 2 is 1.91 bits per heavy atom. The van der Waals surface area contributed by atoms with Crippen LogP contribution >= 0.6 is 0 Å². The molecule has 0 aliphatic heterocycles. The van der Waals surface area contributed by atoms with Crippen molar-refractivity contribution < 1.29 is 28.3 Å². The minimum absolute atomic E-state index is 0.935. The van der Waals surface area contributed by atoms with Crippen LogP contribution in [-0.2, 0) is 10.1 Å². The van der Waals surface area contributed by atoms with Crippen molar-refractivity contribution in [2.45, 2.75) is 18.0 Å². The van der Waals surface area contributed by atoms with Crippen LogP contribution in [0.1, 0.15) is 6.92 Å². The van der Waals surface area contributed by atoms with E-state index in [0.717, 1.165) is 6.92 Å². The molecule has 0 radical (unpaired) electrons. The Balaban J connectivity index is 4.92. The van der Waals surface area contributed by atoms with Crippen molar-refractivity contribution in [3.63, 3.8) is 0 Å². The van der Waals surface area contributed by atoms with Gasteiger partial charge in [-0.15, -0.1) is 0 Å². The van der Waals surface area contributed by atoms with Gasteiger partial charge >= 0.3 is 0 Å². The highest BCUT2D eigenvalue weighted by atomic mass is 32.2. The number of rotatable bonds is 3. The van der Waals surface area contributed by atoms with Crippen molar-refractivity contribution in [3.8, 4) is 0 Å². The Hall–Kier alpha value is -0.210. The summed E-state index contributed by atoms with van der Waals surface area (Å²) in [5.74, 6) is 0. The van der Waals surface area contributed by atoms with Gasteiger partial charge in [-0.2, -0.15) is 8.42 Å². The van der Waals surface area contributed by atoms with Gasteiger partial charge in [0.25, 0.3) is 10.1 Å². The first-order chi connectivity index (χ1) is 4.75. The fourth-order valence-corrected chi connectivity index (χ4v) is 1.02. The molecule has 68 valence electrons. The highest BCUT2D eigenvalue weighted by molar-refractivity contribution is 7.87. The highest BCUT2D eigenvalue weighted by Crippen LogP contribution is 2.16. The van der Waals surface area contributed by atoms with E-state index in [2.05, 4.69) is 0 Å². The lowest BCUT2D eigenvalue weighted by Crippen LogP contribution is -2.50. The minimum atomic E-state index is -4.86. The molecule has 0 fully saturated rings. The lowest BCUT2D eigenvalue weighted by atomic mass is 10.2. The van der Waals surface area contributed by atoms with Crippen molar-refractivity contribution in [3.05, 3.63) is 0 Å². The third-order valence-corrected chi connectivity index (χ3v) is 2.69. The predicted molar refractivity (Wildman–Crippen MR) is 35.3 cm³/mol. The van der Waals surface area contributed by atoms with Crippen LogP contribution in [0.3, 0.4) is 0 Å². The summed E-state index contributed by atoms with van der Waals surface area (Å²) in [6, 6.07) is 0. The molecule has 0 bridgehead atoms. The first-order valence-electron chi connectivity index (χ1n) is 2.74. The van der Waals surface area contributed by atoms with E-state index in [-0.39, 0.29) is 0 Å². The third-order valence-electron chi connectivity index (χ3n) is 1.33. The number of hydrogen-bond donors (Lipinski definition) is 4. The average Bonchev–Trinajstić information content (AvgIpc) is 1.83. The molecule has 4 N–H and O–H groups in total. The van der Waals surface area contributed by atoms with Crippen LogP contribution in [0, 0.1) is 0 Å². The van der Waals surface area contributed by atoms with E-state index < -0.39 is 27.8 Å². The van der Waals surface area contributed by atoms with Crippen molar-refractivity contribution in [2.24, 2.45) is 0 Å². The second-order valence-electron chi connectivity index (χ2n) is 2.15. The molecular weight excluding hydrogens is 176 g/mol. The summed E-state index contributed by atoms with van der Waals surface area (Å²) >= 11 is 0. The number of aliphatic hydroxyl groups is 3. The van der Waals surface area contributed by atoms with E-state index in [9.17, 15) is 8.42 Å². The smallest absolute Gasteiger partial charge is 0.300 e. The Morgan fingerprint density at radius 1 is 1.55 bits per heavy atom. The van der Waals surface area contributed by atoms with Gasteiger partial charge in [0, 0.05) is 0 Å².